The van der Waals surface area contributed by atoms with Gasteiger partial charge in [0.15, 0.2) is 0 Å². The van der Waals surface area contributed by atoms with Gasteiger partial charge in [-0.05, 0) is 43.0 Å². The van der Waals surface area contributed by atoms with Crippen molar-refractivity contribution in [1.82, 2.24) is 4.31 Å². The molecule has 0 aromatic heterocycles. The van der Waals surface area contributed by atoms with Gasteiger partial charge in [0, 0.05) is 30.7 Å². The fourth-order valence-electron chi connectivity index (χ4n) is 3.78. The molecule has 4 rings (SSSR count). The first kappa shape index (κ1) is 18.9. The van der Waals surface area contributed by atoms with E-state index in [-0.39, 0.29) is 0 Å². The normalized spacial score (nSPS) is 24.6. The van der Waals surface area contributed by atoms with Crippen molar-refractivity contribution in [2.45, 2.75) is 56.5 Å². The molecule has 27 heavy (non-hydrogen) atoms. The van der Waals surface area contributed by atoms with E-state index >= 15 is 0 Å². The highest BCUT2D eigenvalue weighted by molar-refractivity contribution is 7.97. The first-order chi connectivity index (χ1) is 13.3. The summed E-state index contributed by atoms with van der Waals surface area (Å²) < 4.78 is 14.1. The van der Waals surface area contributed by atoms with Crippen LogP contribution >= 0.6 is 11.9 Å². The maximum absolute atomic E-state index is 6.10. The van der Waals surface area contributed by atoms with Crippen LogP contribution in [-0.4, -0.2) is 29.7 Å². The number of hydrogen-bond donors (Lipinski definition) is 0. The largest absolute Gasteiger partial charge is 0.490 e. The Balaban J connectivity index is 1.35. The van der Waals surface area contributed by atoms with E-state index in [1.165, 1.54) is 24.0 Å². The summed E-state index contributed by atoms with van der Waals surface area (Å²) in [5.41, 5.74) is 2.79. The van der Waals surface area contributed by atoms with Crippen molar-refractivity contribution in [2.75, 3.05) is 13.2 Å². The van der Waals surface area contributed by atoms with Crippen LogP contribution in [0.4, 0.5) is 0 Å². The average molecular weight is 384 g/mol. The highest BCUT2D eigenvalue weighted by Crippen LogP contribution is 2.43. The third-order valence-corrected chi connectivity index (χ3v) is 7.03. The van der Waals surface area contributed by atoms with Crippen molar-refractivity contribution in [3.8, 4) is 5.75 Å². The van der Waals surface area contributed by atoms with Gasteiger partial charge in [-0.15, -0.1) is 0 Å². The zero-order chi connectivity index (χ0) is 18.5. The molecule has 2 aromatic carbocycles. The van der Waals surface area contributed by atoms with Crippen molar-refractivity contribution < 1.29 is 9.47 Å². The smallest absolute Gasteiger partial charge is 0.119 e. The van der Waals surface area contributed by atoms with Crippen LogP contribution in [0.3, 0.4) is 0 Å². The minimum atomic E-state index is 0.300. The number of rotatable bonds is 5. The summed E-state index contributed by atoms with van der Waals surface area (Å²) in [4.78, 5) is 0. The lowest BCUT2D eigenvalue weighted by Crippen LogP contribution is -2.31. The van der Waals surface area contributed by atoms with Crippen LogP contribution in [-0.2, 0) is 11.3 Å². The number of nitrogens with zero attached hydrogens (tertiary/aromatic N) is 1. The monoisotopic (exact) mass is 383 g/mol. The second-order valence-corrected chi connectivity index (χ2v) is 8.83. The molecule has 2 aromatic rings. The standard InChI is InChI=1S/C23H29NO2S/c1-18-7-12-23(20-5-3-2-4-6-20)27-24(18)17-19-8-10-21(11-9-19)26-22-13-15-25-16-14-22/h2-6,8-11,18,22-23H,7,12-17H2,1H3. The molecule has 4 heteroatoms. The lowest BCUT2D eigenvalue weighted by atomic mass is 10.0. The maximum atomic E-state index is 6.10. The molecule has 2 aliphatic rings. The molecule has 3 nitrogen and oxygen atoms in total. The van der Waals surface area contributed by atoms with Crippen LogP contribution in [0, 0.1) is 0 Å². The van der Waals surface area contributed by atoms with E-state index in [4.69, 9.17) is 9.47 Å². The Kier molecular flexibility index (Phi) is 6.38. The topological polar surface area (TPSA) is 21.7 Å². The van der Waals surface area contributed by atoms with Gasteiger partial charge < -0.3 is 9.47 Å². The third kappa shape index (κ3) is 5.07. The Hall–Kier alpha value is -1.49. The van der Waals surface area contributed by atoms with E-state index < -0.39 is 0 Å². The molecular formula is C23H29NO2S. The summed E-state index contributed by atoms with van der Waals surface area (Å²) >= 11 is 2.01. The fraction of sp³-hybridized carbons (Fsp3) is 0.478. The second-order valence-electron chi connectivity index (χ2n) is 7.58. The molecule has 2 aliphatic heterocycles. The van der Waals surface area contributed by atoms with Crippen molar-refractivity contribution in [2.24, 2.45) is 0 Å². The van der Waals surface area contributed by atoms with Crippen molar-refractivity contribution >= 4 is 11.9 Å². The fourth-order valence-corrected chi connectivity index (χ4v) is 5.17. The molecule has 0 amide bonds. The summed E-state index contributed by atoms with van der Waals surface area (Å²) in [5, 5.41) is 0.568. The number of benzene rings is 2. The molecule has 0 saturated carbocycles. The predicted molar refractivity (Wildman–Crippen MR) is 112 cm³/mol. The summed E-state index contributed by atoms with van der Waals surface area (Å²) in [6.45, 7) is 4.95. The van der Waals surface area contributed by atoms with E-state index in [0.29, 0.717) is 17.4 Å². The van der Waals surface area contributed by atoms with Gasteiger partial charge in [0.25, 0.3) is 0 Å². The molecule has 0 radical (unpaired) electrons. The zero-order valence-corrected chi connectivity index (χ0v) is 16.9. The number of hydrogen-bond acceptors (Lipinski definition) is 4. The Morgan fingerprint density at radius 1 is 0.963 bits per heavy atom. The van der Waals surface area contributed by atoms with Gasteiger partial charge >= 0.3 is 0 Å². The predicted octanol–water partition coefficient (Wildman–Crippen LogP) is 5.62. The highest BCUT2D eigenvalue weighted by Gasteiger charge is 2.27. The van der Waals surface area contributed by atoms with Crippen LogP contribution in [0.5, 0.6) is 5.75 Å². The van der Waals surface area contributed by atoms with Crippen molar-refractivity contribution in [3.05, 3.63) is 65.7 Å². The van der Waals surface area contributed by atoms with E-state index in [1.807, 2.05) is 11.9 Å². The van der Waals surface area contributed by atoms with Crippen molar-refractivity contribution in [1.29, 1.82) is 0 Å². The molecule has 0 bridgehead atoms. The van der Waals surface area contributed by atoms with Gasteiger partial charge in [0.2, 0.25) is 0 Å². The Labute approximate surface area is 167 Å². The molecule has 2 unspecified atom stereocenters. The van der Waals surface area contributed by atoms with Gasteiger partial charge in [-0.3, -0.25) is 0 Å². The molecule has 0 aliphatic carbocycles. The average Bonchev–Trinajstić information content (AvgIpc) is 2.72. The van der Waals surface area contributed by atoms with Crippen LogP contribution in [0.2, 0.25) is 0 Å². The first-order valence-electron chi connectivity index (χ1n) is 10.1. The summed E-state index contributed by atoms with van der Waals surface area (Å²) in [6, 6.07) is 20.2. The van der Waals surface area contributed by atoms with Crippen molar-refractivity contribution in [3.63, 3.8) is 0 Å². The van der Waals surface area contributed by atoms with Crippen LogP contribution in [0.25, 0.3) is 0 Å². The minimum Gasteiger partial charge on any atom is -0.490 e. The molecule has 144 valence electrons. The minimum absolute atomic E-state index is 0.300. The lowest BCUT2D eigenvalue weighted by Gasteiger charge is -2.37. The molecule has 2 saturated heterocycles. The Morgan fingerprint density at radius 2 is 1.70 bits per heavy atom. The Morgan fingerprint density at radius 3 is 2.44 bits per heavy atom. The zero-order valence-electron chi connectivity index (χ0n) is 16.0. The van der Waals surface area contributed by atoms with E-state index in [9.17, 15) is 0 Å². The molecule has 2 heterocycles. The van der Waals surface area contributed by atoms with Gasteiger partial charge in [-0.1, -0.05) is 54.4 Å². The van der Waals surface area contributed by atoms with Gasteiger partial charge in [-0.2, -0.15) is 0 Å². The molecule has 2 atom stereocenters. The Bertz CT molecular complexity index is 700. The van der Waals surface area contributed by atoms with Gasteiger partial charge in [0.05, 0.1) is 13.2 Å². The van der Waals surface area contributed by atoms with Crippen LogP contribution < -0.4 is 4.74 Å². The highest BCUT2D eigenvalue weighted by atomic mass is 32.2. The van der Waals surface area contributed by atoms with Crippen LogP contribution in [0.15, 0.2) is 54.6 Å². The molecule has 0 spiro atoms. The SMILES string of the molecule is CC1CCC(c2ccccc2)SN1Cc1ccc(OC2CCOCC2)cc1. The maximum Gasteiger partial charge on any atom is 0.119 e. The quantitative estimate of drug-likeness (QED) is 0.625. The third-order valence-electron chi connectivity index (χ3n) is 5.51. The second kappa shape index (κ2) is 9.13. The lowest BCUT2D eigenvalue weighted by molar-refractivity contribution is 0.0255. The van der Waals surface area contributed by atoms with E-state index in [0.717, 1.165) is 38.3 Å². The number of ether oxygens (including phenoxy) is 2. The molecular weight excluding hydrogens is 354 g/mol. The molecule has 2 fully saturated rings. The van der Waals surface area contributed by atoms with Gasteiger partial charge in [-0.25, -0.2) is 4.31 Å². The van der Waals surface area contributed by atoms with E-state index in [2.05, 4.69) is 65.8 Å². The summed E-state index contributed by atoms with van der Waals surface area (Å²) in [5.74, 6) is 0.979. The van der Waals surface area contributed by atoms with E-state index in [1.54, 1.807) is 0 Å². The summed E-state index contributed by atoms with van der Waals surface area (Å²) in [7, 11) is 0. The van der Waals surface area contributed by atoms with Gasteiger partial charge in [0.1, 0.15) is 11.9 Å². The summed E-state index contributed by atoms with van der Waals surface area (Å²) in [6.07, 6.45) is 4.78. The van der Waals surface area contributed by atoms with Crippen LogP contribution in [0.1, 0.15) is 49.0 Å². The first-order valence-corrected chi connectivity index (χ1v) is 10.9. The molecule has 0 N–H and O–H groups in total.